The average molecular weight is 256 g/mol. The number of nitrogen functional groups attached to an aromatic ring is 1. The summed E-state index contributed by atoms with van der Waals surface area (Å²) in [4.78, 5) is 11.1. The predicted molar refractivity (Wildman–Crippen MR) is 76.4 cm³/mol. The molecule has 0 fully saturated rings. The highest BCUT2D eigenvalue weighted by Crippen LogP contribution is 2.30. The molecule has 2 aromatic carbocycles. The molecule has 0 aromatic heterocycles. The molecule has 2 rings (SSSR count). The fraction of sp³-hybridized carbons (Fsp3) is 0.133. The Bertz CT molecular complexity index is 589. The summed E-state index contributed by atoms with van der Waals surface area (Å²) in [6, 6.07) is 12.8. The lowest BCUT2D eigenvalue weighted by Gasteiger charge is -2.12. The van der Waals surface area contributed by atoms with Gasteiger partial charge in [0.1, 0.15) is 5.75 Å². The van der Waals surface area contributed by atoms with Gasteiger partial charge in [-0.25, -0.2) is 0 Å². The monoisotopic (exact) mass is 256 g/mol. The molecule has 0 heterocycles. The Kier molecular flexibility index (Phi) is 3.71. The Labute approximate surface area is 112 Å². The number of benzene rings is 2. The highest BCUT2D eigenvalue weighted by atomic mass is 16.5. The first-order chi connectivity index (χ1) is 9.04. The summed E-state index contributed by atoms with van der Waals surface area (Å²) in [5.74, 6) is 1.10. The van der Waals surface area contributed by atoms with Crippen molar-refractivity contribution in [3.63, 3.8) is 0 Å². The van der Waals surface area contributed by atoms with E-state index in [1.165, 1.54) is 6.92 Å². The van der Waals surface area contributed by atoms with Crippen LogP contribution < -0.4 is 15.8 Å². The summed E-state index contributed by atoms with van der Waals surface area (Å²) in [7, 11) is 0. The molecule has 0 saturated carbocycles. The normalized spacial score (nSPS) is 10.0. The van der Waals surface area contributed by atoms with Crippen molar-refractivity contribution >= 4 is 17.3 Å². The van der Waals surface area contributed by atoms with Gasteiger partial charge >= 0.3 is 0 Å². The second-order valence-electron chi connectivity index (χ2n) is 4.36. The number of nitrogens with one attached hydrogen (secondary N) is 1. The van der Waals surface area contributed by atoms with Crippen molar-refractivity contribution in [3.8, 4) is 11.5 Å². The van der Waals surface area contributed by atoms with Crippen LogP contribution in [-0.2, 0) is 4.79 Å². The van der Waals surface area contributed by atoms with Crippen LogP contribution in [0.15, 0.2) is 42.5 Å². The van der Waals surface area contributed by atoms with Crippen molar-refractivity contribution in [3.05, 3.63) is 48.0 Å². The van der Waals surface area contributed by atoms with E-state index in [9.17, 15) is 4.79 Å². The molecule has 0 atom stereocenters. The van der Waals surface area contributed by atoms with Crippen molar-refractivity contribution < 1.29 is 9.53 Å². The Morgan fingerprint density at radius 1 is 1.21 bits per heavy atom. The van der Waals surface area contributed by atoms with Crippen LogP contribution in [0.1, 0.15) is 12.5 Å². The average Bonchev–Trinajstić information content (AvgIpc) is 2.29. The van der Waals surface area contributed by atoms with E-state index >= 15 is 0 Å². The molecule has 0 radical (unpaired) electrons. The van der Waals surface area contributed by atoms with Crippen LogP contribution in [0.2, 0.25) is 0 Å². The number of carbonyl (C=O) groups is 1. The Morgan fingerprint density at radius 3 is 2.63 bits per heavy atom. The first kappa shape index (κ1) is 13.0. The zero-order valence-corrected chi connectivity index (χ0v) is 10.9. The summed E-state index contributed by atoms with van der Waals surface area (Å²) in [6.45, 7) is 3.41. The number of aryl methyl sites for hydroxylation is 1. The van der Waals surface area contributed by atoms with Gasteiger partial charge in [-0.05, 0) is 36.8 Å². The molecule has 19 heavy (non-hydrogen) atoms. The van der Waals surface area contributed by atoms with E-state index in [0.29, 0.717) is 22.9 Å². The van der Waals surface area contributed by atoms with Crippen LogP contribution in [0.3, 0.4) is 0 Å². The van der Waals surface area contributed by atoms with Crippen LogP contribution in [0.4, 0.5) is 11.4 Å². The SMILES string of the molecule is CC(=O)Nc1ccccc1Oc1cc(C)cc(N)c1. The van der Waals surface area contributed by atoms with E-state index in [0.717, 1.165) is 5.56 Å². The third-order valence-electron chi connectivity index (χ3n) is 2.50. The first-order valence-electron chi connectivity index (χ1n) is 5.96. The van der Waals surface area contributed by atoms with E-state index in [1.54, 1.807) is 18.2 Å². The van der Waals surface area contributed by atoms with Crippen LogP contribution in [0.5, 0.6) is 11.5 Å². The largest absolute Gasteiger partial charge is 0.455 e. The van der Waals surface area contributed by atoms with E-state index in [2.05, 4.69) is 5.32 Å². The summed E-state index contributed by atoms with van der Waals surface area (Å²) >= 11 is 0. The molecular weight excluding hydrogens is 240 g/mol. The zero-order chi connectivity index (χ0) is 13.8. The summed E-state index contributed by atoms with van der Waals surface area (Å²) < 4.78 is 5.78. The molecule has 0 aliphatic rings. The molecule has 98 valence electrons. The molecule has 2 aromatic rings. The van der Waals surface area contributed by atoms with Gasteiger partial charge in [0.15, 0.2) is 5.75 Å². The van der Waals surface area contributed by atoms with Gasteiger partial charge < -0.3 is 15.8 Å². The maximum Gasteiger partial charge on any atom is 0.221 e. The minimum absolute atomic E-state index is 0.139. The predicted octanol–water partition coefficient (Wildman–Crippen LogP) is 3.33. The number of carbonyl (C=O) groups excluding carboxylic acids is 1. The number of amides is 1. The van der Waals surface area contributed by atoms with Crippen LogP contribution in [-0.4, -0.2) is 5.91 Å². The second-order valence-corrected chi connectivity index (χ2v) is 4.36. The third kappa shape index (κ3) is 3.48. The first-order valence-corrected chi connectivity index (χ1v) is 5.96. The zero-order valence-electron chi connectivity index (χ0n) is 10.9. The minimum atomic E-state index is -0.139. The maximum absolute atomic E-state index is 11.1. The fourth-order valence-electron chi connectivity index (χ4n) is 1.81. The number of anilines is 2. The number of para-hydroxylation sites is 2. The molecule has 0 aliphatic carbocycles. The molecule has 0 aliphatic heterocycles. The number of nitrogens with two attached hydrogens (primary N) is 1. The van der Waals surface area contributed by atoms with Crippen molar-refractivity contribution in [2.75, 3.05) is 11.1 Å². The standard InChI is InChI=1S/C15H16N2O2/c1-10-7-12(16)9-13(8-10)19-15-6-4-3-5-14(15)17-11(2)18/h3-9H,16H2,1-2H3,(H,17,18). The topological polar surface area (TPSA) is 64.3 Å². The van der Waals surface area contributed by atoms with Gasteiger partial charge in [-0.1, -0.05) is 12.1 Å². The summed E-state index contributed by atoms with van der Waals surface area (Å²) in [6.07, 6.45) is 0. The highest BCUT2D eigenvalue weighted by molar-refractivity contribution is 5.90. The molecule has 1 amide bonds. The van der Waals surface area contributed by atoms with E-state index in [4.69, 9.17) is 10.5 Å². The van der Waals surface area contributed by atoms with Gasteiger partial charge in [-0.3, -0.25) is 4.79 Å². The summed E-state index contributed by atoms with van der Waals surface area (Å²) in [5, 5.41) is 2.73. The number of hydrogen-bond acceptors (Lipinski definition) is 3. The van der Waals surface area contributed by atoms with Crippen molar-refractivity contribution in [1.29, 1.82) is 0 Å². The van der Waals surface area contributed by atoms with Gasteiger partial charge in [-0.15, -0.1) is 0 Å². The molecule has 0 saturated heterocycles. The van der Waals surface area contributed by atoms with E-state index in [1.807, 2.05) is 31.2 Å². The minimum Gasteiger partial charge on any atom is -0.455 e. The molecule has 0 unspecified atom stereocenters. The van der Waals surface area contributed by atoms with Gasteiger partial charge in [0.25, 0.3) is 0 Å². The van der Waals surface area contributed by atoms with Gasteiger partial charge in [0.05, 0.1) is 5.69 Å². The maximum atomic E-state index is 11.1. The van der Waals surface area contributed by atoms with Gasteiger partial charge in [0.2, 0.25) is 5.91 Å². The lowest BCUT2D eigenvalue weighted by atomic mass is 10.2. The molecular formula is C15H16N2O2. The summed E-state index contributed by atoms with van der Waals surface area (Å²) in [5.41, 5.74) is 8.08. The second kappa shape index (κ2) is 5.44. The molecule has 3 N–H and O–H groups in total. The quantitative estimate of drug-likeness (QED) is 0.828. The van der Waals surface area contributed by atoms with Gasteiger partial charge in [-0.2, -0.15) is 0 Å². The van der Waals surface area contributed by atoms with Crippen LogP contribution in [0.25, 0.3) is 0 Å². The Morgan fingerprint density at radius 2 is 1.95 bits per heavy atom. The lowest BCUT2D eigenvalue weighted by Crippen LogP contribution is -2.06. The van der Waals surface area contributed by atoms with Crippen molar-refractivity contribution in [2.45, 2.75) is 13.8 Å². The third-order valence-corrected chi connectivity index (χ3v) is 2.50. The fourth-order valence-corrected chi connectivity index (χ4v) is 1.81. The molecule has 4 heteroatoms. The van der Waals surface area contributed by atoms with Crippen molar-refractivity contribution in [2.24, 2.45) is 0 Å². The number of rotatable bonds is 3. The van der Waals surface area contributed by atoms with E-state index < -0.39 is 0 Å². The Hall–Kier alpha value is -2.49. The molecule has 0 bridgehead atoms. The molecule has 0 spiro atoms. The number of hydrogen-bond donors (Lipinski definition) is 2. The van der Waals surface area contributed by atoms with E-state index in [-0.39, 0.29) is 5.91 Å². The highest BCUT2D eigenvalue weighted by Gasteiger charge is 2.06. The van der Waals surface area contributed by atoms with Crippen LogP contribution >= 0.6 is 0 Å². The van der Waals surface area contributed by atoms with Gasteiger partial charge in [0, 0.05) is 18.7 Å². The lowest BCUT2D eigenvalue weighted by molar-refractivity contribution is -0.114. The van der Waals surface area contributed by atoms with Crippen molar-refractivity contribution in [1.82, 2.24) is 0 Å². The smallest absolute Gasteiger partial charge is 0.221 e. The number of ether oxygens (including phenoxy) is 1. The molecule has 4 nitrogen and oxygen atoms in total. The van der Waals surface area contributed by atoms with Crippen LogP contribution in [0, 0.1) is 6.92 Å². The Balaban J connectivity index is 2.29.